The third-order valence-electron chi connectivity index (χ3n) is 8.32. The van der Waals surface area contributed by atoms with Gasteiger partial charge in [-0.05, 0) is 67.1 Å². The molecule has 10 heteroatoms. The van der Waals surface area contributed by atoms with E-state index in [1.54, 1.807) is 30.5 Å². The van der Waals surface area contributed by atoms with Gasteiger partial charge in [0.05, 0.1) is 40.8 Å². The first kappa shape index (κ1) is 26.3. The third-order valence-corrected chi connectivity index (χ3v) is 8.55. The summed E-state index contributed by atoms with van der Waals surface area (Å²) >= 11 is 5.81. The van der Waals surface area contributed by atoms with Gasteiger partial charge in [-0.25, -0.2) is 9.78 Å². The number of hydrogen-bond donors (Lipinski definition) is 1. The number of carboxylic acid groups (broad SMARTS) is 1. The Hall–Kier alpha value is -3.66. The quantitative estimate of drug-likeness (QED) is 0.329. The van der Waals surface area contributed by atoms with Gasteiger partial charge >= 0.3 is 5.97 Å². The molecule has 3 unspecified atom stereocenters. The minimum Gasteiger partial charge on any atom is -0.478 e. The van der Waals surface area contributed by atoms with Crippen LogP contribution in [-0.4, -0.2) is 56.3 Å². The maximum atomic E-state index is 11.3. The summed E-state index contributed by atoms with van der Waals surface area (Å²) in [4.78, 5) is 22.8. The van der Waals surface area contributed by atoms with Crippen LogP contribution in [0.1, 0.15) is 41.6 Å². The number of carbonyl (C=O) groups is 1. The molecule has 0 bridgehead atoms. The minimum atomic E-state index is -0.897. The number of hydrogen-bond acceptors (Lipinski definition) is 7. The Morgan fingerprint density at radius 1 is 1.10 bits per heavy atom. The van der Waals surface area contributed by atoms with Crippen molar-refractivity contribution >= 4 is 28.6 Å². The van der Waals surface area contributed by atoms with Crippen LogP contribution in [0.5, 0.6) is 11.5 Å². The Labute approximate surface area is 242 Å². The molecule has 0 radical (unpaired) electrons. The average molecular weight is 575 g/mol. The van der Waals surface area contributed by atoms with Crippen molar-refractivity contribution < 1.29 is 24.1 Å². The molecule has 212 valence electrons. The lowest BCUT2D eigenvalue weighted by molar-refractivity contribution is -0.0717. The summed E-state index contributed by atoms with van der Waals surface area (Å²) in [6.07, 6.45) is 4.26. The van der Waals surface area contributed by atoms with E-state index in [1.807, 2.05) is 37.3 Å². The summed E-state index contributed by atoms with van der Waals surface area (Å²) in [6, 6.07) is 16.3. The molecule has 4 aliphatic rings. The van der Waals surface area contributed by atoms with Gasteiger partial charge in [0.1, 0.15) is 11.5 Å². The van der Waals surface area contributed by atoms with Gasteiger partial charge in [0.15, 0.2) is 11.5 Å². The number of para-hydroxylation sites is 2. The zero-order valence-electron chi connectivity index (χ0n) is 22.7. The summed E-state index contributed by atoms with van der Waals surface area (Å²) in [7, 11) is 0. The molecule has 3 fully saturated rings. The van der Waals surface area contributed by atoms with Gasteiger partial charge in [-0.15, -0.1) is 0 Å². The van der Waals surface area contributed by atoms with E-state index >= 15 is 0 Å². The Bertz CT molecular complexity index is 1570. The summed E-state index contributed by atoms with van der Waals surface area (Å²) in [5, 5.41) is 9.87. The minimum absolute atomic E-state index is 0.224. The molecule has 2 aromatic carbocycles. The van der Waals surface area contributed by atoms with Crippen molar-refractivity contribution in [2.45, 2.75) is 44.7 Å². The number of aromatic nitrogens is 3. The van der Waals surface area contributed by atoms with Crippen molar-refractivity contribution in [3.63, 3.8) is 0 Å². The first-order valence-electron chi connectivity index (χ1n) is 14.0. The number of rotatable bonds is 6. The number of pyridine rings is 1. The first-order chi connectivity index (χ1) is 19.8. The summed E-state index contributed by atoms with van der Waals surface area (Å²) in [5.41, 5.74) is 2.79. The van der Waals surface area contributed by atoms with Crippen LogP contribution in [0.4, 0.5) is 0 Å². The monoisotopic (exact) mass is 574 g/mol. The van der Waals surface area contributed by atoms with Crippen molar-refractivity contribution in [2.75, 3.05) is 19.7 Å². The van der Waals surface area contributed by atoms with Crippen LogP contribution >= 0.6 is 11.6 Å². The van der Waals surface area contributed by atoms with Crippen molar-refractivity contribution in [1.82, 2.24) is 19.4 Å². The smallest absolute Gasteiger partial charge is 0.335 e. The highest BCUT2D eigenvalue weighted by Gasteiger charge is 2.45. The molecule has 0 spiro atoms. The molecule has 4 aromatic rings. The molecular formula is C31H31ClN4O5. The molecule has 2 aromatic heterocycles. The largest absolute Gasteiger partial charge is 0.478 e. The fourth-order valence-electron chi connectivity index (χ4n) is 5.89. The summed E-state index contributed by atoms with van der Waals surface area (Å²) in [5.74, 6) is 2.51. The molecule has 41 heavy (non-hydrogen) atoms. The topological polar surface area (TPSA) is 98.9 Å². The zero-order chi connectivity index (χ0) is 28.1. The predicted molar refractivity (Wildman–Crippen MR) is 152 cm³/mol. The van der Waals surface area contributed by atoms with Gasteiger partial charge in [0, 0.05) is 32.8 Å². The van der Waals surface area contributed by atoms with E-state index in [4.69, 9.17) is 30.8 Å². The van der Waals surface area contributed by atoms with Crippen LogP contribution in [0, 0.1) is 11.8 Å². The normalized spacial score (nSPS) is 23.4. The fourth-order valence-corrected chi connectivity index (χ4v) is 6.01. The Morgan fingerprint density at radius 3 is 2.44 bits per heavy atom. The van der Waals surface area contributed by atoms with Crippen LogP contribution in [0.3, 0.4) is 0 Å². The summed E-state index contributed by atoms with van der Waals surface area (Å²) < 4.78 is 19.4. The number of halogens is 1. The SMILES string of the molecule is CC1(c2ccc(Cl)cn2)Oc2ccccc2O1.O=C(O)c1ccc2nc(CN3CC4CC4C3)n(CC3CCO3)c2c1. The van der Waals surface area contributed by atoms with Gasteiger partial charge in [-0.2, -0.15) is 0 Å². The lowest BCUT2D eigenvalue weighted by Gasteiger charge is -2.28. The molecule has 1 N–H and O–H groups in total. The number of fused-ring (bicyclic) bond motifs is 3. The number of piperidine rings is 1. The Morgan fingerprint density at radius 2 is 1.83 bits per heavy atom. The number of imidazole rings is 1. The van der Waals surface area contributed by atoms with E-state index in [2.05, 4.69) is 14.5 Å². The second kappa shape index (κ2) is 10.3. The molecule has 9 nitrogen and oxygen atoms in total. The van der Waals surface area contributed by atoms with Gasteiger partial charge < -0.3 is 23.9 Å². The van der Waals surface area contributed by atoms with E-state index in [9.17, 15) is 9.90 Å². The zero-order valence-corrected chi connectivity index (χ0v) is 23.5. The summed E-state index contributed by atoms with van der Waals surface area (Å²) in [6.45, 7) is 6.61. The molecule has 3 aliphatic heterocycles. The average Bonchev–Trinajstić information content (AvgIpc) is 3.24. The molecule has 5 heterocycles. The van der Waals surface area contributed by atoms with Crippen molar-refractivity contribution in [1.29, 1.82) is 0 Å². The van der Waals surface area contributed by atoms with Crippen LogP contribution in [-0.2, 0) is 23.6 Å². The van der Waals surface area contributed by atoms with Crippen LogP contribution < -0.4 is 9.47 Å². The maximum Gasteiger partial charge on any atom is 0.335 e. The van der Waals surface area contributed by atoms with E-state index < -0.39 is 11.8 Å². The Balaban J connectivity index is 0.000000143. The lowest BCUT2D eigenvalue weighted by Crippen LogP contribution is -2.32. The van der Waals surface area contributed by atoms with Crippen molar-refractivity contribution in [3.8, 4) is 11.5 Å². The second-order valence-corrected chi connectivity index (χ2v) is 11.8. The lowest BCUT2D eigenvalue weighted by atomic mass is 10.1. The maximum absolute atomic E-state index is 11.3. The highest BCUT2D eigenvalue weighted by Crippen LogP contribution is 2.45. The highest BCUT2D eigenvalue weighted by molar-refractivity contribution is 6.30. The predicted octanol–water partition coefficient (Wildman–Crippen LogP) is 5.35. The molecule has 1 saturated carbocycles. The van der Waals surface area contributed by atoms with Gasteiger partial charge in [0.25, 0.3) is 5.79 Å². The molecule has 1 aliphatic carbocycles. The van der Waals surface area contributed by atoms with E-state index in [-0.39, 0.29) is 6.10 Å². The Kier molecular flexibility index (Phi) is 6.60. The van der Waals surface area contributed by atoms with E-state index in [0.717, 1.165) is 66.3 Å². The third kappa shape index (κ3) is 5.25. The number of aromatic carboxylic acids is 1. The van der Waals surface area contributed by atoms with Crippen molar-refractivity contribution in [3.05, 3.63) is 82.9 Å². The number of benzene rings is 2. The first-order valence-corrected chi connectivity index (χ1v) is 14.4. The number of carboxylic acids is 1. The number of likely N-dealkylation sites (tertiary alicyclic amines) is 1. The standard InChI is InChI=1S/C18H21N3O3.C13H10ClNO2/c22-18(23)11-1-2-15-16(6-11)21(9-14-3-4-24-14)17(19-15)10-20-7-12-5-13(12)8-20;1-13(12-7-6-9(14)8-15-12)16-10-4-2-3-5-11(10)17-13/h1-2,6,12-14H,3-5,7-10H2,(H,22,23);2-8H,1H3. The van der Waals surface area contributed by atoms with E-state index in [1.165, 1.54) is 19.5 Å². The van der Waals surface area contributed by atoms with Crippen LogP contribution in [0.25, 0.3) is 11.0 Å². The van der Waals surface area contributed by atoms with Crippen LogP contribution in [0.15, 0.2) is 60.8 Å². The highest BCUT2D eigenvalue weighted by atomic mass is 35.5. The molecule has 0 amide bonds. The second-order valence-electron chi connectivity index (χ2n) is 11.3. The number of nitrogens with zero attached hydrogens (tertiary/aromatic N) is 4. The molecule has 2 saturated heterocycles. The molecular weight excluding hydrogens is 544 g/mol. The fraction of sp³-hybridized carbons (Fsp3) is 0.387. The molecule has 3 atom stereocenters. The van der Waals surface area contributed by atoms with Gasteiger partial charge in [-0.1, -0.05) is 23.7 Å². The number of ether oxygens (including phenoxy) is 3. The molecule has 8 rings (SSSR count). The van der Waals surface area contributed by atoms with Gasteiger partial charge in [0.2, 0.25) is 0 Å². The van der Waals surface area contributed by atoms with Crippen molar-refractivity contribution in [2.24, 2.45) is 11.8 Å². The van der Waals surface area contributed by atoms with Gasteiger partial charge in [-0.3, -0.25) is 9.88 Å². The van der Waals surface area contributed by atoms with Crippen LogP contribution in [0.2, 0.25) is 5.02 Å². The van der Waals surface area contributed by atoms with E-state index in [0.29, 0.717) is 16.3 Å².